The van der Waals surface area contributed by atoms with Crippen molar-refractivity contribution in [2.75, 3.05) is 0 Å². The van der Waals surface area contributed by atoms with Crippen LogP contribution in [-0.2, 0) is 4.57 Å². The molecule has 0 bridgehead atoms. The highest BCUT2D eigenvalue weighted by atomic mass is 31.2. The molecule has 0 heterocycles. The minimum absolute atomic E-state index is 0.643. The highest BCUT2D eigenvalue weighted by molar-refractivity contribution is 7.80. The van der Waals surface area contributed by atoms with Crippen LogP contribution < -0.4 is 10.6 Å². The van der Waals surface area contributed by atoms with Crippen molar-refractivity contribution >= 4 is 23.8 Å². The number of hydrogen-bond acceptors (Lipinski definition) is 2. The molecule has 126 valence electrons. The van der Waals surface area contributed by atoms with Gasteiger partial charge in [0.2, 0.25) is 0 Å². The van der Waals surface area contributed by atoms with Gasteiger partial charge in [0.05, 0.1) is 0 Å². The van der Waals surface area contributed by atoms with Crippen LogP contribution >= 0.6 is 7.14 Å². The molecular formula is C22H21O2P. The van der Waals surface area contributed by atoms with E-state index < -0.39 is 12.5 Å². The summed E-state index contributed by atoms with van der Waals surface area (Å²) in [5.41, 5.74) is 0.954. The molecule has 1 unspecified atom stereocenters. The van der Waals surface area contributed by atoms with Crippen LogP contribution in [-0.4, -0.2) is 10.4 Å². The molecule has 0 aliphatic rings. The zero-order valence-corrected chi connectivity index (χ0v) is 15.0. The standard InChI is InChI=1S/C22H21O2P/c1-22(23,18-17-19-11-5-2-6-12-19)25(24,20-13-7-3-8-14-20)21-15-9-4-10-16-21/h2-18,23H,1H3/b18-17+. The van der Waals surface area contributed by atoms with E-state index in [0.717, 1.165) is 5.56 Å². The van der Waals surface area contributed by atoms with Gasteiger partial charge in [0.1, 0.15) is 5.34 Å². The predicted molar refractivity (Wildman–Crippen MR) is 106 cm³/mol. The summed E-state index contributed by atoms with van der Waals surface area (Å²) in [7, 11) is -3.30. The van der Waals surface area contributed by atoms with Crippen LogP contribution in [0.2, 0.25) is 0 Å². The first-order chi connectivity index (χ1) is 12.0. The molecule has 0 aromatic heterocycles. The van der Waals surface area contributed by atoms with Crippen LogP contribution in [0.15, 0.2) is 97.1 Å². The normalized spacial score (nSPS) is 14.3. The zero-order valence-electron chi connectivity index (χ0n) is 14.1. The lowest BCUT2D eigenvalue weighted by molar-refractivity contribution is 0.196. The Morgan fingerprint density at radius 1 is 0.760 bits per heavy atom. The number of benzene rings is 3. The lowest BCUT2D eigenvalue weighted by Gasteiger charge is -2.31. The minimum Gasteiger partial charge on any atom is -0.378 e. The van der Waals surface area contributed by atoms with Crippen LogP contribution in [0, 0.1) is 0 Å². The average molecular weight is 348 g/mol. The summed E-state index contributed by atoms with van der Waals surface area (Å²) in [5, 5.41) is 11.0. The maximum atomic E-state index is 14.2. The van der Waals surface area contributed by atoms with Gasteiger partial charge in [-0.15, -0.1) is 0 Å². The van der Waals surface area contributed by atoms with Crippen LogP contribution in [0.1, 0.15) is 12.5 Å². The predicted octanol–water partition coefficient (Wildman–Crippen LogP) is 4.42. The van der Waals surface area contributed by atoms with E-state index in [2.05, 4.69) is 0 Å². The van der Waals surface area contributed by atoms with Crippen molar-refractivity contribution in [3.63, 3.8) is 0 Å². The quantitative estimate of drug-likeness (QED) is 0.693. The summed E-state index contributed by atoms with van der Waals surface area (Å²) < 4.78 is 14.2. The van der Waals surface area contributed by atoms with Crippen molar-refractivity contribution < 1.29 is 9.67 Å². The van der Waals surface area contributed by atoms with E-state index in [0.29, 0.717) is 10.6 Å². The van der Waals surface area contributed by atoms with Gasteiger partial charge in [-0.25, -0.2) is 0 Å². The average Bonchev–Trinajstić information content (AvgIpc) is 2.68. The van der Waals surface area contributed by atoms with E-state index in [9.17, 15) is 9.67 Å². The molecule has 0 amide bonds. The van der Waals surface area contributed by atoms with E-state index in [-0.39, 0.29) is 0 Å². The summed E-state index contributed by atoms with van der Waals surface area (Å²) in [6.45, 7) is 1.62. The number of rotatable bonds is 5. The minimum atomic E-state index is -3.30. The number of aliphatic hydroxyl groups is 1. The molecule has 2 nitrogen and oxygen atoms in total. The monoisotopic (exact) mass is 348 g/mol. The maximum absolute atomic E-state index is 14.2. The van der Waals surface area contributed by atoms with Gasteiger partial charge in [-0.3, -0.25) is 0 Å². The van der Waals surface area contributed by atoms with Gasteiger partial charge < -0.3 is 9.67 Å². The molecule has 0 radical (unpaired) electrons. The van der Waals surface area contributed by atoms with Gasteiger partial charge >= 0.3 is 0 Å². The molecule has 25 heavy (non-hydrogen) atoms. The van der Waals surface area contributed by atoms with Crippen molar-refractivity contribution in [1.29, 1.82) is 0 Å². The Hall–Kier alpha value is -2.41. The molecule has 0 fully saturated rings. The summed E-state index contributed by atoms with van der Waals surface area (Å²) in [5.74, 6) is 0. The molecule has 3 heteroatoms. The van der Waals surface area contributed by atoms with Gasteiger partial charge in [0, 0.05) is 10.6 Å². The lowest BCUT2D eigenvalue weighted by Crippen LogP contribution is -2.33. The molecule has 3 aromatic carbocycles. The third-order valence-electron chi connectivity index (χ3n) is 4.27. The molecule has 0 saturated carbocycles. The van der Waals surface area contributed by atoms with Gasteiger partial charge in [-0.1, -0.05) is 97.1 Å². The van der Waals surface area contributed by atoms with E-state index >= 15 is 0 Å². The van der Waals surface area contributed by atoms with Gasteiger partial charge in [-0.2, -0.15) is 0 Å². The topological polar surface area (TPSA) is 37.3 Å². The van der Waals surface area contributed by atoms with Gasteiger partial charge in [-0.05, 0) is 18.6 Å². The van der Waals surface area contributed by atoms with Crippen molar-refractivity contribution in [1.82, 2.24) is 0 Å². The first-order valence-corrected chi connectivity index (χ1v) is 9.93. The third kappa shape index (κ3) is 3.51. The van der Waals surface area contributed by atoms with Gasteiger partial charge in [0.25, 0.3) is 0 Å². The van der Waals surface area contributed by atoms with E-state index in [1.165, 1.54) is 0 Å². The van der Waals surface area contributed by atoms with Crippen molar-refractivity contribution in [2.24, 2.45) is 0 Å². The maximum Gasteiger partial charge on any atom is 0.176 e. The van der Waals surface area contributed by atoms with Gasteiger partial charge in [0.15, 0.2) is 7.14 Å². The van der Waals surface area contributed by atoms with Crippen molar-refractivity contribution in [2.45, 2.75) is 12.3 Å². The molecule has 0 aliphatic heterocycles. The van der Waals surface area contributed by atoms with E-state index in [4.69, 9.17) is 0 Å². The van der Waals surface area contributed by atoms with E-state index in [1.54, 1.807) is 13.0 Å². The van der Waals surface area contributed by atoms with Crippen LogP contribution in [0.25, 0.3) is 6.08 Å². The fourth-order valence-electron chi connectivity index (χ4n) is 2.87. The smallest absolute Gasteiger partial charge is 0.176 e. The van der Waals surface area contributed by atoms with Crippen molar-refractivity contribution in [3.8, 4) is 0 Å². The molecular weight excluding hydrogens is 327 g/mol. The van der Waals surface area contributed by atoms with E-state index in [1.807, 2.05) is 97.1 Å². The second kappa shape index (κ2) is 7.23. The zero-order chi connectivity index (χ0) is 17.8. The van der Waals surface area contributed by atoms with Crippen LogP contribution in [0.5, 0.6) is 0 Å². The Kier molecular flexibility index (Phi) is 5.03. The fourth-order valence-corrected chi connectivity index (χ4v) is 5.68. The van der Waals surface area contributed by atoms with Crippen molar-refractivity contribution in [3.05, 3.63) is 103 Å². The first kappa shape index (κ1) is 17.4. The van der Waals surface area contributed by atoms with Crippen LogP contribution in [0.4, 0.5) is 0 Å². The Bertz CT molecular complexity index is 842. The van der Waals surface area contributed by atoms with Crippen LogP contribution in [0.3, 0.4) is 0 Å². The molecule has 3 aromatic rings. The second-order valence-electron chi connectivity index (χ2n) is 6.12. The summed E-state index contributed by atoms with van der Waals surface area (Å²) in [6, 6.07) is 28.1. The Morgan fingerprint density at radius 2 is 1.16 bits per heavy atom. The highest BCUT2D eigenvalue weighted by Gasteiger charge is 2.43. The second-order valence-corrected chi connectivity index (χ2v) is 9.28. The summed E-state index contributed by atoms with van der Waals surface area (Å²) in [4.78, 5) is 0. The molecule has 0 aliphatic carbocycles. The molecule has 0 saturated heterocycles. The first-order valence-electron chi connectivity index (χ1n) is 8.22. The largest absolute Gasteiger partial charge is 0.378 e. The Morgan fingerprint density at radius 3 is 1.60 bits per heavy atom. The molecule has 0 spiro atoms. The fraction of sp³-hybridized carbons (Fsp3) is 0.0909. The summed E-state index contributed by atoms with van der Waals surface area (Å²) in [6.07, 6.45) is 3.46. The summed E-state index contributed by atoms with van der Waals surface area (Å²) >= 11 is 0. The third-order valence-corrected chi connectivity index (χ3v) is 7.74. The number of hydrogen-bond donors (Lipinski definition) is 1. The lowest BCUT2D eigenvalue weighted by atomic mass is 10.2. The molecule has 3 rings (SSSR count). The Balaban J connectivity index is 2.11. The molecule has 1 atom stereocenters. The Labute approximate surface area is 148 Å². The highest BCUT2D eigenvalue weighted by Crippen LogP contribution is 2.55. The SMILES string of the molecule is CC(O)(/C=C/c1ccccc1)P(=O)(c1ccccc1)c1ccccc1. The molecule has 1 N–H and O–H groups in total.